The summed E-state index contributed by atoms with van der Waals surface area (Å²) in [7, 11) is -0.858. The minimum absolute atomic E-state index is 0.00195. The number of allylic oxidation sites excluding steroid dienone is 1. The highest BCUT2D eigenvalue weighted by Crippen LogP contribution is 2.48. The minimum atomic E-state index is -4.02. The summed E-state index contributed by atoms with van der Waals surface area (Å²) in [5, 5.41) is 10.8. The van der Waals surface area contributed by atoms with E-state index >= 15 is 0 Å². The van der Waals surface area contributed by atoms with E-state index in [4.69, 9.17) is 25.8 Å². The van der Waals surface area contributed by atoms with Gasteiger partial charge in [0, 0.05) is 37.0 Å². The van der Waals surface area contributed by atoms with Crippen LogP contribution in [0.15, 0.2) is 42.6 Å². The Kier molecular flexibility index (Phi) is 11.4. The fourth-order valence-electron chi connectivity index (χ4n) is 7.68. The van der Waals surface area contributed by atoms with Crippen molar-refractivity contribution in [3.05, 3.63) is 53.3 Å². The van der Waals surface area contributed by atoms with Gasteiger partial charge in [-0.15, -0.1) is 0 Å². The lowest BCUT2D eigenvalue weighted by atomic mass is 10.0. The van der Waals surface area contributed by atoms with Crippen molar-refractivity contribution < 1.29 is 41.8 Å². The Morgan fingerprint density at radius 2 is 1.90 bits per heavy atom. The third kappa shape index (κ3) is 8.33. The largest absolute Gasteiger partial charge is 0.493 e. The van der Waals surface area contributed by atoms with Crippen molar-refractivity contribution in [3.63, 3.8) is 0 Å². The number of fused-ring (bicyclic) bond motifs is 3. The Morgan fingerprint density at radius 3 is 2.59 bits per heavy atom. The second kappa shape index (κ2) is 16.0. The molecule has 1 aromatic carbocycles. The number of hydrogen-bond acceptors (Lipinski definition) is 11. The fourth-order valence-corrected chi connectivity index (χ4v) is 9.22. The fraction of sp³-hybridized carbons (Fsp3) is 0.550. The number of nitrogens with one attached hydrogen (secondary N) is 3. The van der Waals surface area contributed by atoms with Gasteiger partial charge in [0.2, 0.25) is 27.7 Å². The summed E-state index contributed by atoms with van der Waals surface area (Å²) in [5.74, 6) is -2.07. The number of hydrogen-bond donors (Lipinski definition) is 3. The van der Waals surface area contributed by atoms with Crippen molar-refractivity contribution in [2.24, 2.45) is 13.0 Å². The van der Waals surface area contributed by atoms with E-state index in [0.717, 1.165) is 12.8 Å². The van der Waals surface area contributed by atoms with E-state index < -0.39 is 68.0 Å². The second-order valence-corrected chi connectivity index (χ2v) is 18.8. The lowest BCUT2D eigenvalue weighted by Crippen LogP contribution is -2.58. The third-order valence-electron chi connectivity index (χ3n) is 11.4. The summed E-state index contributed by atoms with van der Waals surface area (Å²) in [6.45, 7) is 5.23. The highest BCUT2D eigenvalue weighted by atomic mass is 35.5. The summed E-state index contributed by atoms with van der Waals surface area (Å²) in [6.07, 6.45) is 8.57. The molecule has 2 aromatic heterocycles. The number of carbonyl (C=O) groups is 4. The molecule has 0 radical (unpaired) electrons. The zero-order valence-corrected chi connectivity index (χ0v) is 34.8. The van der Waals surface area contributed by atoms with Gasteiger partial charge >= 0.3 is 0 Å². The zero-order valence-electron chi connectivity index (χ0n) is 33.2. The Hall–Kier alpha value is -4.90. The molecule has 0 bridgehead atoms. The van der Waals surface area contributed by atoms with Crippen LogP contribution in [0.5, 0.6) is 17.4 Å². The molecule has 2 aliphatic carbocycles. The number of halogens is 1. The number of sulfonamides is 1. The molecule has 2 saturated carbocycles. The number of aromatic nitrogens is 3. The third-order valence-corrected chi connectivity index (χ3v) is 13.9. The molecule has 0 spiro atoms. The number of methoxy groups -OCH3 is 1. The van der Waals surface area contributed by atoms with Crippen molar-refractivity contribution in [1.29, 1.82) is 0 Å². The van der Waals surface area contributed by atoms with E-state index in [1.54, 1.807) is 44.4 Å². The van der Waals surface area contributed by atoms with Crippen LogP contribution in [0.2, 0.25) is 5.02 Å². The number of amides is 4. The summed E-state index contributed by atoms with van der Waals surface area (Å²) in [4.78, 5) is 62.7. The van der Waals surface area contributed by atoms with Crippen LogP contribution in [0.1, 0.15) is 89.0 Å². The van der Waals surface area contributed by atoms with E-state index in [1.807, 2.05) is 26.0 Å². The van der Waals surface area contributed by atoms with E-state index in [2.05, 4.69) is 25.4 Å². The number of rotatable bonds is 10. The topological polar surface area (TPSA) is 200 Å². The molecule has 5 atom stereocenters. The van der Waals surface area contributed by atoms with Crippen molar-refractivity contribution in [1.82, 2.24) is 35.0 Å². The number of ether oxygens (including phenoxy) is 3. The average Bonchev–Trinajstić information content (AvgIpc) is 3.96. The first-order valence-corrected chi connectivity index (χ1v) is 21.6. The summed E-state index contributed by atoms with van der Waals surface area (Å²) < 4.78 is 47.3. The Bertz CT molecular complexity index is 2260. The van der Waals surface area contributed by atoms with E-state index in [9.17, 15) is 27.6 Å². The smallest absolute Gasteiger partial charge is 0.272 e. The highest BCUT2D eigenvalue weighted by Gasteiger charge is 2.63. The average molecular weight is 840 g/mol. The molecule has 3 aromatic rings. The van der Waals surface area contributed by atoms with E-state index in [-0.39, 0.29) is 37.1 Å². The minimum Gasteiger partial charge on any atom is -0.493 e. The molecule has 3 N–H and O–H groups in total. The predicted molar refractivity (Wildman–Crippen MR) is 214 cm³/mol. The monoisotopic (exact) mass is 839 g/mol. The predicted octanol–water partition coefficient (Wildman–Crippen LogP) is 3.96. The first-order chi connectivity index (χ1) is 27.5. The zero-order chi connectivity index (χ0) is 41.6. The van der Waals surface area contributed by atoms with Crippen molar-refractivity contribution >= 4 is 56.2 Å². The van der Waals surface area contributed by atoms with Gasteiger partial charge in [0.1, 0.15) is 40.7 Å². The van der Waals surface area contributed by atoms with Crippen LogP contribution in [-0.2, 0) is 31.5 Å². The summed E-state index contributed by atoms with van der Waals surface area (Å²) >= 11 is 6.47. The van der Waals surface area contributed by atoms with Crippen LogP contribution < -0.4 is 29.6 Å². The van der Waals surface area contributed by atoms with Crippen molar-refractivity contribution in [2.45, 2.75) is 113 Å². The van der Waals surface area contributed by atoms with Gasteiger partial charge in [0.25, 0.3) is 11.8 Å². The molecular formula is C40H50ClN7O9S. The molecule has 7 rings (SSSR count). The summed E-state index contributed by atoms with van der Waals surface area (Å²) in [5.41, 5.74) is -1.03. The second-order valence-electron chi connectivity index (χ2n) is 16.2. The maximum atomic E-state index is 14.7. The summed E-state index contributed by atoms with van der Waals surface area (Å²) in [6, 6.07) is 4.39. The van der Waals surface area contributed by atoms with Gasteiger partial charge in [0.15, 0.2) is 5.75 Å². The Morgan fingerprint density at radius 1 is 1.12 bits per heavy atom. The molecule has 58 heavy (non-hydrogen) atoms. The van der Waals surface area contributed by atoms with E-state index in [1.165, 1.54) is 16.7 Å². The maximum Gasteiger partial charge on any atom is 0.272 e. The molecule has 3 fully saturated rings. The number of nitrogens with zero attached hydrogens (tertiary/aromatic N) is 4. The number of carbonyl (C=O) groups excluding carboxylic acids is 4. The van der Waals surface area contributed by atoms with Gasteiger partial charge < -0.3 is 29.7 Å². The number of pyridine rings is 1. The van der Waals surface area contributed by atoms with Gasteiger partial charge in [-0.3, -0.25) is 28.6 Å². The van der Waals surface area contributed by atoms with Crippen LogP contribution in [-0.4, -0.2) is 99.9 Å². The van der Waals surface area contributed by atoms with Gasteiger partial charge in [-0.25, -0.2) is 13.4 Å². The molecule has 18 heteroatoms. The molecule has 312 valence electrons. The first kappa shape index (κ1) is 41.3. The van der Waals surface area contributed by atoms with Crippen LogP contribution >= 0.6 is 11.6 Å². The molecular weight excluding hydrogens is 790 g/mol. The van der Waals surface area contributed by atoms with E-state index in [0.29, 0.717) is 59.5 Å². The quantitative estimate of drug-likeness (QED) is 0.250. The first-order valence-electron chi connectivity index (χ1n) is 19.7. The van der Waals surface area contributed by atoms with Gasteiger partial charge in [0.05, 0.1) is 29.5 Å². The van der Waals surface area contributed by atoms with Crippen LogP contribution in [0.25, 0.3) is 10.9 Å². The lowest BCUT2D eigenvalue weighted by Gasteiger charge is -2.30. The lowest BCUT2D eigenvalue weighted by molar-refractivity contribution is -0.141. The van der Waals surface area contributed by atoms with Crippen LogP contribution in [0, 0.1) is 5.92 Å². The maximum absolute atomic E-state index is 14.7. The molecule has 4 heterocycles. The number of aryl methyl sites for hydroxylation is 1. The van der Waals surface area contributed by atoms with Crippen LogP contribution in [0.4, 0.5) is 0 Å². The molecule has 4 aliphatic rings. The standard InChI is InChI=1S/C40H50ClN7O9S/c1-23(2)56-32-20-31(26-13-14-27(41)34(55-5)33(26)43-32)57-25-19-30-36(50)44-40(38(52)46-58(53,54)39(3)16-17-39)21-24(40)11-9-7-6-8-10-12-29(37(51)48(30)22-25)42-35(49)28-15-18-47(4)45-28/h9,11,13-15,18,20,23-25,29-30H,6-8,10,12,16-17,19,21-22H2,1-5H3,(H,42,49)(H,44,50)(H,46,52)/b11-9-/t24?,25-,29+,30+,40-/m1/s1. The van der Waals surface area contributed by atoms with Gasteiger partial charge in [-0.05, 0) is 77.5 Å². The molecule has 1 unspecified atom stereocenters. The Labute approximate surface area is 342 Å². The molecule has 16 nitrogen and oxygen atoms in total. The van der Waals surface area contributed by atoms with Gasteiger partial charge in [-0.1, -0.05) is 36.6 Å². The number of benzene rings is 1. The SMILES string of the molecule is COc1c(Cl)ccc2c(O[C@@H]3C[C@H]4C(=O)N[C@]5(C(=O)NS(=O)(=O)C6(C)CC6)CC5/C=C\CCCCC[C@H](NC(=O)c5ccn(C)n5)C(=O)N4C3)cc(OC(C)C)nc12. The molecule has 4 amide bonds. The molecule has 1 saturated heterocycles. The normalized spacial score (nSPS) is 26.4. The highest BCUT2D eigenvalue weighted by molar-refractivity contribution is 7.91. The van der Waals surface area contributed by atoms with Crippen molar-refractivity contribution in [2.75, 3.05) is 13.7 Å². The van der Waals surface area contributed by atoms with Gasteiger partial charge in [-0.2, -0.15) is 5.10 Å². The van der Waals surface area contributed by atoms with Crippen LogP contribution in [0.3, 0.4) is 0 Å². The molecule has 2 aliphatic heterocycles. The van der Waals surface area contributed by atoms with Crippen molar-refractivity contribution in [3.8, 4) is 17.4 Å². The Balaban J connectivity index is 1.23.